The third-order valence-electron chi connectivity index (χ3n) is 2.68. The molecule has 0 spiro atoms. The molecule has 0 aliphatic rings. The Morgan fingerprint density at radius 2 is 2.06 bits per heavy atom. The van der Waals surface area contributed by atoms with E-state index in [4.69, 9.17) is 5.11 Å². The Morgan fingerprint density at radius 3 is 2.59 bits per heavy atom. The molecule has 1 aromatic heterocycles. The highest BCUT2D eigenvalue weighted by molar-refractivity contribution is 5.58. The van der Waals surface area contributed by atoms with Crippen LogP contribution in [0.15, 0.2) is 6.33 Å². The van der Waals surface area contributed by atoms with E-state index in [-0.39, 0.29) is 6.61 Å². The Balaban J connectivity index is 3.07. The summed E-state index contributed by atoms with van der Waals surface area (Å²) in [5.41, 5.74) is 1.11. The maximum absolute atomic E-state index is 9.11. The van der Waals surface area contributed by atoms with Crippen LogP contribution in [0.25, 0.3) is 0 Å². The van der Waals surface area contributed by atoms with Gasteiger partial charge in [-0.25, -0.2) is 9.97 Å². The minimum Gasteiger partial charge on any atom is -0.395 e. The van der Waals surface area contributed by atoms with Gasteiger partial charge in [-0.2, -0.15) is 0 Å². The van der Waals surface area contributed by atoms with Gasteiger partial charge < -0.3 is 15.3 Å². The van der Waals surface area contributed by atoms with E-state index in [0.717, 1.165) is 36.6 Å². The molecule has 17 heavy (non-hydrogen) atoms. The van der Waals surface area contributed by atoms with Gasteiger partial charge >= 0.3 is 0 Å². The first-order valence-electron chi connectivity index (χ1n) is 6.15. The quantitative estimate of drug-likeness (QED) is 0.749. The van der Waals surface area contributed by atoms with Crippen LogP contribution in [-0.4, -0.2) is 41.8 Å². The molecular formula is C12H22N4O. The van der Waals surface area contributed by atoms with Crippen molar-refractivity contribution in [1.82, 2.24) is 9.97 Å². The maximum atomic E-state index is 9.11. The molecule has 5 heteroatoms. The molecule has 0 saturated carbocycles. The molecule has 5 nitrogen and oxygen atoms in total. The summed E-state index contributed by atoms with van der Waals surface area (Å²) in [6, 6.07) is 0. The first-order chi connectivity index (χ1) is 8.28. The van der Waals surface area contributed by atoms with Gasteiger partial charge in [-0.15, -0.1) is 0 Å². The molecule has 0 atom stereocenters. The van der Waals surface area contributed by atoms with E-state index in [9.17, 15) is 0 Å². The molecule has 1 heterocycles. The number of nitrogens with zero attached hydrogens (tertiary/aromatic N) is 3. The topological polar surface area (TPSA) is 61.3 Å². The van der Waals surface area contributed by atoms with E-state index in [2.05, 4.69) is 34.0 Å². The molecule has 1 aromatic rings. The SMILES string of the molecule is CCCN(CCO)c1ncnc(NC)c1CC. The van der Waals surface area contributed by atoms with Crippen molar-refractivity contribution < 1.29 is 5.11 Å². The second-order valence-electron chi connectivity index (χ2n) is 3.84. The van der Waals surface area contributed by atoms with E-state index >= 15 is 0 Å². The van der Waals surface area contributed by atoms with Crippen LogP contribution in [-0.2, 0) is 6.42 Å². The summed E-state index contributed by atoms with van der Waals surface area (Å²) in [7, 11) is 1.86. The molecule has 1 rings (SSSR count). The van der Waals surface area contributed by atoms with Gasteiger partial charge in [0.2, 0.25) is 0 Å². The highest BCUT2D eigenvalue weighted by atomic mass is 16.3. The van der Waals surface area contributed by atoms with Crippen LogP contribution < -0.4 is 10.2 Å². The van der Waals surface area contributed by atoms with Gasteiger partial charge in [0.05, 0.1) is 6.61 Å². The Bertz CT molecular complexity index is 337. The second-order valence-corrected chi connectivity index (χ2v) is 3.84. The number of anilines is 2. The lowest BCUT2D eigenvalue weighted by Crippen LogP contribution is -2.29. The Labute approximate surface area is 103 Å². The van der Waals surface area contributed by atoms with Gasteiger partial charge in [0.1, 0.15) is 18.0 Å². The van der Waals surface area contributed by atoms with Crippen molar-refractivity contribution in [3.63, 3.8) is 0 Å². The zero-order valence-corrected chi connectivity index (χ0v) is 10.9. The van der Waals surface area contributed by atoms with Crippen molar-refractivity contribution in [2.75, 3.05) is 37.0 Å². The fraction of sp³-hybridized carbons (Fsp3) is 0.667. The zero-order valence-electron chi connectivity index (χ0n) is 10.9. The molecule has 0 unspecified atom stereocenters. The molecule has 0 saturated heterocycles. The lowest BCUT2D eigenvalue weighted by molar-refractivity contribution is 0.301. The van der Waals surface area contributed by atoms with E-state index in [1.807, 2.05) is 7.05 Å². The number of nitrogens with one attached hydrogen (secondary N) is 1. The lowest BCUT2D eigenvalue weighted by Gasteiger charge is -2.25. The number of aliphatic hydroxyl groups excluding tert-OH is 1. The van der Waals surface area contributed by atoms with Crippen LogP contribution >= 0.6 is 0 Å². The maximum Gasteiger partial charge on any atom is 0.137 e. The summed E-state index contributed by atoms with van der Waals surface area (Å²) in [6.45, 7) is 5.86. The van der Waals surface area contributed by atoms with E-state index in [0.29, 0.717) is 6.54 Å². The van der Waals surface area contributed by atoms with Crippen molar-refractivity contribution in [3.05, 3.63) is 11.9 Å². The monoisotopic (exact) mass is 238 g/mol. The largest absolute Gasteiger partial charge is 0.395 e. The predicted molar refractivity (Wildman–Crippen MR) is 70.5 cm³/mol. The second kappa shape index (κ2) is 7.06. The number of hydrogen-bond donors (Lipinski definition) is 2. The summed E-state index contributed by atoms with van der Waals surface area (Å²) in [5.74, 6) is 1.80. The minimum absolute atomic E-state index is 0.141. The Kier molecular flexibility index (Phi) is 5.69. The third kappa shape index (κ3) is 3.30. The predicted octanol–water partition coefficient (Wildman–Crippen LogP) is 1.29. The number of aliphatic hydroxyl groups is 1. The first kappa shape index (κ1) is 13.7. The van der Waals surface area contributed by atoms with E-state index < -0.39 is 0 Å². The summed E-state index contributed by atoms with van der Waals surface area (Å²) >= 11 is 0. The van der Waals surface area contributed by atoms with Gasteiger partial charge in [0.15, 0.2) is 0 Å². The Morgan fingerprint density at radius 1 is 1.29 bits per heavy atom. The molecule has 0 aliphatic carbocycles. The third-order valence-corrected chi connectivity index (χ3v) is 2.68. The van der Waals surface area contributed by atoms with E-state index in [1.54, 1.807) is 6.33 Å². The molecule has 96 valence electrons. The van der Waals surface area contributed by atoms with Crippen molar-refractivity contribution in [3.8, 4) is 0 Å². The van der Waals surface area contributed by atoms with Crippen molar-refractivity contribution in [2.24, 2.45) is 0 Å². The average Bonchev–Trinajstić information content (AvgIpc) is 2.37. The van der Waals surface area contributed by atoms with Crippen LogP contribution in [0, 0.1) is 0 Å². The highest BCUT2D eigenvalue weighted by Crippen LogP contribution is 2.23. The fourth-order valence-corrected chi connectivity index (χ4v) is 1.93. The van der Waals surface area contributed by atoms with Crippen LogP contribution in [0.4, 0.5) is 11.6 Å². The summed E-state index contributed by atoms with van der Waals surface area (Å²) in [4.78, 5) is 10.7. The Hall–Kier alpha value is -1.36. The molecule has 0 fully saturated rings. The molecule has 0 bridgehead atoms. The van der Waals surface area contributed by atoms with Gasteiger partial charge in [-0.05, 0) is 12.8 Å². The summed E-state index contributed by atoms with van der Waals surface area (Å²) in [6.07, 6.45) is 3.47. The molecule has 0 aliphatic heterocycles. The fourth-order valence-electron chi connectivity index (χ4n) is 1.93. The number of rotatable bonds is 7. The molecule has 0 amide bonds. The smallest absolute Gasteiger partial charge is 0.137 e. The molecule has 2 N–H and O–H groups in total. The molecule has 0 aromatic carbocycles. The van der Waals surface area contributed by atoms with Crippen molar-refractivity contribution in [1.29, 1.82) is 0 Å². The van der Waals surface area contributed by atoms with Crippen molar-refractivity contribution >= 4 is 11.6 Å². The summed E-state index contributed by atoms with van der Waals surface area (Å²) < 4.78 is 0. The normalized spacial score (nSPS) is 10.4. The van der Waals surface area contributed by atoms with Gasteiger partial charge in [0.25, 0.3) is 0 Å². The minimum atomic E-state index is 0.141. The van der Waals surface area contributed by atoms with Crippen molar-refractivity contribution in [2.45, 2.75) is 26.7 Å². The van der Waals surface area contributed by atoms with Crippen LogP contribution in [0.1, 0.15) is 25.8 Å². The number of aromatic nitrogens is 2. The molecular weight excluding hydrogens is 216 g/mol. The number of hydrogen-bond acceptors (Lipinski definition) is 5. The van der Waals surface area contributed by atoms with Crippen LogP contribution in [0.2, 0.25) is 0 Å². The lowest BCUT2D eigenvalue weighted by atomic mass is 10.2. The van der Waals surface area contributed by atoms with Gasteiger partial charge in [-0.3, -0.25) is 0 Å². The highest BCUT2D eigenvalue weighted by Gasteiger charge is 2.14. The first-order valence-corrected chi connectivity index (χ1v) is 6.15. The van der Waals surface area contributed by atoms with E-state index in [1.165, 1.54) is 0 Å². The standard InChI is InChI=1S/C12H22N4O/c1-4-6-16(7-8-17)12-10(5-2)11(13-3)14-9-15-12/h9,17H,4-8H2,1-3H3,(H,13,14,15). The van der Waals surface area contributed by atoms with Gasteiger partial charge in [0, 0.05) is 25.7 Å². The molecule has 0 radical (unpaired) electrons. The van der Waals surface area contributed by atoms with Gasteiger partial charge in [-0.1, -0.05) is 13.8 Å². The summed E-state index contributed by atoms with van der Waals surface area (Å²) in [5, 5.41) is 12.2. The van der Waals surface area contributed by atoms with Crippen LogP contribution in [0.3, 0.4) is 0 Å². The average molecular weight is 238 g/mol. The van der Waals surface area contributed by atoms with Crippen LogP contribution in [0.5, 0.6) is 0 Å². The zero-order chi connectivity index (χ0) is 12.7.